The van der Waals surface area contributed by atoms with E-state index in [4.69, 9.17) is 4.74 Å². The number of ether oxygens (including phenoxy) is 1. The molecule has 0 saturated heterocycles. The van der Waals surface area contributed by atoms with Gasteiger partial charge in [-0.25, -0.2) is 4.98 Å². The van der Waals surface area contributed by atoms with E-state index in [0.717, 1.165) is 27.1 Å². The van der Waals surface area contributed by atoms with Gasteiger partial charge in [0.15, 0.2) is 5.13 Å². The lowest BCUT2D eigenvalue weighted by Gasteiger charge is -2.04. The minimum absolute atomic E-state index is 0.168. The number of fused-ring (bicyclic) bond motifs is 1. The second-order valence-corrected chi connectivity index (χ2v) is 7.01. The van der Waals surface area contributed by atoms with Gasteiger partial charge in [0.25, 0.3) is 5.91 Å². The van der Waals surface area contributed by atoms with E-state index < -0.39 is 0 Å². The predicted octanol–water partition coefficient (Wildman–Crippen LogP) is 5.61. The first kappa shape index (κ1) is 17.2. The first-order chi connectivity index (χ1) is 13.2. The molecular formula is C22H18N2O2S. The number of carbonyl (C=O) groups is 1. The van der Waals surface area contributed by atoms with Crippen molar-refractivity contribution >= 4 is 32.6 Å². The van der Waals surface area contributed by atoms with Gasteiger partial charge < -0.3 is 4.74 Å². The molecule has 4 rings (SSSR count). The van der Waals surface area contributed by atoms with Gasteiger partial charge in [-0.2, -0.15) is 0 Å². The molecular weight excluding hydrogens is 356 g/mol. The van der Waals surface area contributed by atoms with Crippen molar-refractivity contribution in [3.63, 3.8) is 0 Å². The van der Waals surface area contributed by atoms with E-state index in [2.05, 4.69) is 10.3 Å². The molecule has 1 aromatic heterocycles. The molecule has 0 fully saturated rings. The Hall–Kier alpha value is -3.18. The zero-order chi connectivity index (χ0) is 18.6. The Morgan fingerprint density at radius 2 is 1.74 bits per heavy atom. The summed E-state index contributed by atoms with van der Waals surface area (Å²) in [6.07, 6.45) is 0. The van der Waals surface area contributed by atoms with Crippen LogP contribution in [0.25, 0.3) is 21.3 Å². The fraction of sp³-hybridized carbons (Fsp3) is 0.0909. The third kappa shape index (κ3) is 3.83. The van der Waals surface area contributed by atoms with Gasteiger partial charge in [-0.1, -0.05) is 53.8 Å². The molecule has 1 amide bonds. The number of anilines is 1. The Labute approximate surface area is 161 Å². The molecule has 134 valence electrons. The number of carbonyl (C=O) groups excluding carboxylic acids is 1. The van der Waals surface area contributed by atoms with Gasteiger partial charge in [0, 0.05) is 5.56 Å². The van der Waals surface area contributed by atoms with Crippen LogP contribution in [-0.2, 0) is 0 Å². The largest absolute Gasteiger partial charge is 0.494 e. The van der Waals surface area contributed by atoms with Gasteiger partial charge in [0.2, 0.25) is 0 Å². The maximum Gasteiger partial charge on any atom is 0.257 e. The van der Waals surface area contributed by atoms with Crippen LogP contribution in [0.15, 0.2) is 72.8 Å². The average Bonchev–Trinajstić information content (AvgIpc) is 3.10. The maximum atomic E-state index is 12.5. The molecule has 27 heavy (non-hydrogen) atoms. The lowest BCUT2D eigenvalue weighted by molar-refractivity contribution is 0.102. The van der Waals surface area contributed by atoms with Crippen LogP contribution in [0.4, 0.5) is 5.13 Å². The summed E-state index contributed by atoms with van der Waals surface area (Å²) in [5.74, 6) is 0.640. The molecule has 4 nitrogen and oxygen atoms in total. The van der Waals surface area contributed by atoms with Crippen LogP contribution < -0.4 is 10.1 Å². The van der Waals surface area contributed by atoms with Crippen molar-refractivity contribution in [3.05, 3.63) is 78.4 Å². The van der Waals surface area contributed by atoms with Crippen molar-refractivity contribution < 1.29 is 9.53 Å². The number of thiazole rings is 1. The molecule has 4 aromatic rings. The summed E-state index contributed by atoms with van der Waals surface area (Å²) < 4.78 is 6.49. The lowest BCUT2D eigenvalue weighted by Crippen LogP contribution is -2.11. The van der Waals surface area contributed by atoms with Crippen LogP contribution in [0.5, 0.6) is 5.75 Å². The van der Waals surface area contributed by atoms with E-state index in [9.17, 15) is 4.79 Å². The summed E-state index contributed by atoms with van der Waals surface area (Å²) in [5.41, 5.74) is 3.65. The first-order valence-electron chi connectivity index (χ1n) is 8.73. The van der Waals surface area contributed by atoms with Gasteiger partial charge in [-0.3, -0.25) is 10.1 Å². The second-order valence-electron chi connectivity index (χ2n) is 5.98. The summed E-state index contributed by atoms with van der Waals surface area (Å²) in [5, 5.41) is 3.47. The highest BCUT2D eigenvalue weighted by Gasteiger charge is 2.11. The summed E-state index contributed by atoms with van der Waals surface area (Å²) in [4.78, 5) is 17.0. The predicted molar refractivity (Wildman–Crippen MR) is 111 cm³/mol. The average molecular weight is 374 g/mol. The standard InChI is InChI=1S/C22H18N2O2S/c1-2-26-18-12-13-19-20(14-18)27-22(23-19)24-21(25)17-10-8-16(9-11-17)15-6-4-3-5-7-15/h3-14H,2H2,1H3,(H,23,24,25). The van der Waals surface area contributed by atoms with Gasteiger partial charge in [0.1, 0.15) is 5.75 Å². The van der Waals surface area contributed by atoms with Crippen molar-refractivity contribution in [2.75, 3.05) is 11.9 Å². The smallest absolute Gasteiger partial charge is 0.257 e. The van der Waals surface area contributed by atoms with Gasteiger partial charge in [0.05, 0.1) is 16.8 Å². The number of benzene rings is 3. The van der Waals surface area contributed by atoms with Crippen molar-refractivity contribution in [2.24, 2.45) is 0 Å². The van der Waals surface area contributed by atoms with E-state index in [-0.39, 0.29) is 5.91 Å². The fourth-order valence-corrected chi connectivity index (χ4v) is 3.72. The quantitative estimate of drug-likeness (QED) is 0.494. The number of nitrogens with one attached hydrogen (secondary N) is 1. The third-order valence-electron chi connectivity index (χ3n) is 4.15. The zero-order valence-corrected chi connectivity index (χ0v) is 15.6. The molecule has 0 unspecified atom stereocenters. The van der Waals surface area contributed by atoms with Crippen LogP contribution in [0, 0.1) is 0 Å². The Balaban J connectivity index is 1.51. The highest BCUT2D eigenvalue weighted by molar-refractivity contribution is 7.22. The zero-order valence-electron chi connectivity index (χ0n) is 14.8. The molecule has 0 saturated carbocycles. The third-order valence-corrected chi connectivity index (χ3v) is 5.08. The van der Waals surface area contributed by atoms with E-state index in [1.54, 1.807) is 0 Å². The molecule has 1 heterocycles. The van der Waals surface area contributed by atoms with E-state index in [1.807, 2.05) is 79.7 Å². The summed E-state index contributed by atoms with van der Waals surface area (Å²) in [6.45, 7) is 2.57. The van der Waals surface area contributed by atoms with Gasteiger partial charge in [-0.15, -0.1) is 0 Å². The Morgan fingerprint density at radius 1 is 1.00 bits per heavy atom. The Kier molecular flexibility index (Phi) is 4.85. The normalized spacial score (nSPS) is 10.7. The van der Waals surface area contributed by atoms with Gasteiger partial charge in [-0.05, 0) is 48.4 Å². The molecule has 0 atom stereocenters. The topological polar surface area (TPSA) is 51.2 Å². The van der Waals surface area contributed by atoms with E-state index >= 15 is 0 Å². The number of hydrogen-bond donors (Lipinski definition) is 1. The van der Waals surface area contributed by atoms with Crippen molar-refractivity contribution in [1.82, 2.24) is 4.98 Å². The molecule has 0 bridgehead atoms. The summed E-state index contributed by atoms with van der Waals surface area (Å²) in [6, 6.07) is 23.4. The van der Waals surface area contributed by atoms with Crippen LogP contribution >= 0.6 is 11.3 Å². The lowest BCUT2D eigenvalue weighted by atomic mass is 10.0. The minimum atomic E-state index is -0.168. The summed E-state index contributed by atoms with van der Waals surface area (Å²) in [7, 11) is 0. The molecule has 0 spiro atoms. The number of aromatic nitrogens is 1. The van der Waals surface area contributed by atoms with Crippen LogP contribution in [0.1, 0.15) is 17.3 Å². The second kappa shape index (κ2) is 7.60. The number of amides is 1. The van der Waals surface area contributed by atoms with E-state index in [0.29, 0.717) is 17.3 Å². The van der Waals surface area contributed by atoms with Crippen molar-refractivity contribution in [1.29, 1.82) is 0 Å². The SMILES string of the molecule is CCOc1ccc2nc(NC(=O)c3ccc(-c4ccccc4)cc3)sc2c1. The van der Waals surface area contributed by atoms with Crippen LogP contribution in [-0.4, -0.2) is 17.5 Å². The molecule has 0 aliphatic carbocycles. The highest BCUT2D eigenvalue weighted by atomic mass is 32.1. The monoisotopic (exact) mass is 374 g/mol. The van der Waals surface area contributed by atoms with Crippen molar-refractivity contribution in [2.45, 2.75) is 6.92 Å². The minimum Gasteiger partial charge on any atom is -0.494 e. The summed E-state index contributed by atoms with van der Waals surface area (Å²) >= 11 is 1.44. The molecule has 1 N–H and O–H groups in total. The fourth-order valence-electron chi connectivity index (χ4n) is 2.83. The van der Waals surface area contributed by atoms with Gasteiger partial charge >= 0.3 is 0 Å². The molecule has 5 heteroatoms. The maximum absolute atomic E-state index is 12.5. The van der Waals surface area contributed by atoms with Crippen LogP contribution in [0.2, 0.25) is 0 Å². The molecule has 0 aliphatic heterocycles. The Morgan fingerprint density at radius 3 is 2.48 bits per heavy atom. The number of nitrogens with zero attached hydrogens (tertiary/aromatic N) is 1. The molecule has 3 aromatic carbocycles. The van der Waals surface area contributed by atoms with E-state index in [1.165, 1.54) is 11.3 Å². The van der Waals surface area contributed by atoms with Crippen LogP contribution in [0.3, 0.4) is 0 Å². The molecule has 0 aliphatic rings. The highest BCUT2D eigenvalue weighted by Crippen LogP contribution is 2.29. The number of hydrogen-bond acceptors (Lipinski definition) is 4. The van der Waals surface area contributed by atoms with Crippen molar-refractivity contribution in [3.8, 4) is 16.9 Å². The Bertz CT molecular complexity index is 1070. The number of rotatable bonds is 5. The molecule has 0 radical (unpaired) electrons. The first-order valence-corrected chi connectivity index (χ1v) is 9.55.